The summed E-state index contributed by atoms with van der Waals surface area (Å²) in [5, 5.41) is 8.90. The van der Waals surface area contributed by atoms with Crippen molar-refractivity contribution in [2.24, 2.45) is 0 Å². The first-order chi connectivity index (χ1) is 12.6. The quantitative estimate of drug-likeness (QED) is 0.706. The van der Waals surface area contributed by atoms with Crippen LogP contribution in [0.2, 0.25) is 0 Å². The van der Waals surface area contributed by atoms with E-state index in [0.29, 0.717) is 11.3 Å². The largest absolute Gasteiger partial charge is 0.401 e. The maximum absolute atomic E-state index is 12.8. The van der Waals surface area contributed by atoms with Gasteiger partial charge in [-0.05, 0) is 45.4 Å². The molecule has 1 aromatic heterocycles. The molecule has 7 heteroatoms. The molecule has 1 heterocycles. The minimum atomic E-state index is -4.39. The first-order valence-corrected chi connectivity index (χ1v) is 8.81. The van der Waals surface area contributed by atoms with Crippen LogP contribution in [0.25, 0.3) is 5.69 Å². The van der Waals surface area contributed by atoms with Crippen molar-refractivity contribution in [3.8, 4) is 5.69 Å². The van der Waals surface area contributed by atoms with Crippen molar-refractivity contribution in [2.75, 3.05) is 26.2 Å². The number of Topliss-reactive ketones (excluding diaryl/α,β-unsaturated/α-hetero) is 1. The molecule has 1 N–H and O–H groups in total. The van der Waals surface area contributed by atoms with E-state index in [2.05, 4.69) is 0 Å². The lowest BCUT2D eigenvalue weighted by atomic mass is 10.1. The summed E-state index contributed by atoms with van der Waals surface area (Å²) in [6.45, 7) is 3.93. The summed E-state index contributed by atoms with van der Waals surface area (Å²) in [6, 6.07) is 9.54. The SMILES string of the molecule is Cc1ccc(-n2c(C)cc(C(=O)CN(CCCO)CC(F)(F)F)c2C)cc1. The average Bonchev–Trinajstić information content (AvgIpc) is 2.87. The van der Waals surface area contributed by atoms with Crippen molar-refractivity contribution < 1.29 is 23.1 Å². The Morgan fingerprint density at radius 2 is 1.78 bits per heavy atom. The number of nitrogens with zero attached hydrogens (tertiary/aromatic N) is 2. The van der Waals surface area contributed by atoms with Crippen LogP contribution >= 0.6 is 0 Å². The molecule has 0 fully saturated rings. The number of alkyl halides is 3. The van der Waals surface area contributed by atoms with E-state index in [-0.39, 0.29) is 31.9 Å². The van der Waals surface area contributed by atoms with Crippen LogP contribution in [0.4, 0.5) is 13.2 Å². The van der Waals surface area contributed by atoms with E-state index < -0.39 is 12.7 Å². The van der Waals surface area contributed by atoms with E-state index in [4.69, 9.17) is 5.11 Å². The van der Waals surface area contributed by atoms with E-state index in [1.54, 1.807) is 13.0 Å². The molecule has 0 saturated heterocycles. The Labute approximate surface area is 157 Å². The number of aromatic nitrogens is 1. The Balaban J connectivity index is 2.25. The number of rotatable bonds is 8. The molecule has 0 aliphatic carbocycles. The van der Waals surface area contributed by atoms with Gasteiger partial charge in [0, 0.05) is 35.8 Å². The fraction of sp³-hybridized carbons (Fsp3) is 0.450. The highest BCUT2D eigenvalue weighted by Crippen LogP contribution is 2.23. The summed E-state index contributed by atoms with van der Waals surface area (Å²) < 4.78 is 40.2. The number of carbonyl (C=O) groups excluding carboxylic acids is 1. The molecule has 0 amide bonds. The number of hydrogen-bond acceptors (Lipinski definition) is 3. The fourth-order valence-electron chi connectivity index (χ4n) is 3.19. The average molecular weight is 382 g/mol. The summed E-state index contributed by atoms with van der Waals surface area (Å²) in [5.74, 6) is -0.358. The third-order valence-electron chi connectivity index (χ3n) is 4.43. The Hall–Kier alpha value is -2.12. The van der Waals surface area contributed by atoms with E-state index in [0.717, 1.165) is 21.8 Å². The number of hydrogen-bond donors (Lipinski definition) is 1. The number of ketones is 1. The first kappa shape index (κ1) is 21.2. The predicted octanol–water partition coefficient (Wildman–Crippen LogP) is 3.83. The van der Waals surface area contributed by atoms with Crippen LogP contribution < -0.4 is 0 Å². The molecule has 0 radical (unpaired) electrons. The smallest absolute Gasteiger partial charge is 0.396 e. The number of aryl methyl sites for hydroxylation is 2. The van der Waals surface area contributed by atoms with Gasteiger partial charge in [0.1, 0.15) is 0 Å². The van der Waals surface area contributed by atoms with Crippen LogP contribution in [0, 0.1) is 20.8 Å². The Morgan fingerprint density at radius 3 is 2.33 bits per heavy atom. The molecule has 0 aliphatic heterocycles. The molecule has 2 aromatic rings. The van der Waals surface area contributed by atoms with Gasteiger partial charge in [0.25, 0.3) is 0 Å². The van der Waals surface area contributed by atoms with Crippen molar-refractivity contribution in [1.29, 1.82) is 0 Å². The number of halogens is 3. The highest BCUT2D eigenvalue weighted by atomic mass is 19.4. The second-order valence-electron chi connectivity index (χ2n) is 6.78. The first-order valence-electron chi connectivity index (χ1n) is 8.81. The van der Waals surface area contributed by atoms with Gasteiger partial charge in [0.05, 0.1) is 13.1 Å². The van der Waals surface area contributed by atoms with Gasteiger partial charge in [-0.3, -0.25) is 9.69 Å². The van der Waals surface area contributed by atoms with Gasteiger partial charge in [0.15, 0.2) is 5.78 Å². The molecular weight excluding hydrogens is 357 g/mol. The molecule has 0 bridgehead atoms. The molecule has 1 aromatic carbocycles. The maximum Gasteiger partial charge on any atom is 0.401 e. The van der Waals surface area contributed by atoms with E-state index in [1.165, 1.54) is 0 Å². The minimum absolute atomic E-state index is 0.0124. The zero-order chi connectivity index (χ0) is 20.2. The highest BCUT2D eigenvalue weighted by molar-refractivity contribution is 5.99. The zero-order valence-electron chi connectivity index (χ0n) is 15.8. The molecule has 27 heavy (non-hydrogen) atoms. The van der Waals surface area contributed by atoms with Crippen molar-refractivity contribution in [1.82, 2.24) is 9.47 Å². The monoisotopic (exact) mass is 382 g/mol. The molecule has 0 spiro atoms. The normalized spacial score (nSPS) is 12.0. The summed E-state index contributed by atoms with van der Waals surface area (Å²) in [4.78, 5) is 13.7. The van der Waals surface area contributed by atoms with E-state index >= 15 is 0 Å². The second kappa shape index (κ2) is 8.71. The molecule has 0 saturated carbocycles. The van der Waals surface area contributed by atoms with Crippen LogP contribution in [-0.2, 0) is 0 Å². The maximum atomic E-state index is 12.8. The van der Waals surface area contributed by atoms with E-state index in [9.17, 15) is 18.0 Å². The van der Waals surface area contributed by atoms with Crippen LogP contribution in [0.15, 0.2) is 30.3 Å². The lowest BCUT2D eigenvalue weighted by Crippen LogP contribution is -2.38. The van der Waals surface area contributed by atoms with Gasteiger partial charge in [-0.15, -0.1) is 0 Å². The molecule has 0 atom stereocenters. The third-order valence-corrected chi connectivity index (χ3v) is 4.43. The summed E-state index contributed by atoms with van der Waals surface area (Å²) >= 11 is 0. The van der Waals surface area contributed by atoms with Gasteiger partial charge in [-0.2, -0.15) is 13.2 Å². The van der Waals surface area contributed by atoms with Gasteiger partial charge >= 0.3 is 6.18 Å². The van der Waals surface area contributed by atoms with Crippen molar-refractivity contribution in [3.63, 3.8) is 0 Å². The van der Waals surface area contributed by atoms with Crippen LogP contribution in [0.3, 0.4) is 0 Å². The number of carbonyl (C=O) groups is 1. The van der Waals surface area contributed by atoms with Crippen LogP contribution in [0.1, 0.15) is 33.7 Å². The van der Waals surface area contributed by atoms with Gasteiger partial charge < -0.3 is 9.67 Å². The molecule has 0 unspecified atom stereocenters. The van der Waals surface area contributed by atoms with Crippen molar-refractivity contribution >= 4 is 5.78 Å². The predicted molar refractivity (Wildman–Crippen MR) is 98.5 cm³/mol. The Kier molecular flexibility index (Phi) is 6.84. The summed E-state index contributed by atoms with van der Waals surface area (Å²) in [5.41, 5.74) is 3.99. The highest BCUT2D eigenvalue weighted by Gasteiger charge is 2.31. The van der Waals surface area contributed by atoms with Crippen LogP contribution in [-0.4, -0.2) is 52.8 Å². The molecule has 2 rings (SSSR count). The summed E-state index contributed by atoms with van der Waals surface area (Å²) in [7, 11) is 0. The Bertz CT molecular complexity index is 780. The second-order valence-corrected chi connectivity index (χ2v) is 6.78. The third kappa shape index (κ3) is 5.68. The number of aliphatic hydroxyl groups excluding tert-OH is 1. The zero-order valence-corrected chi connectivity index (χ0v) is 15.8. The minimum Gasteiger partial charge on any atom is -0.396 e. The van der Waals surface area contributed by atoms with Gasteiger partial charge in [-0.25, -0.2) is 0 Å². The van der Waals surface area contributed by atoms with Gasteiger partial charge in [0.2, 0.25) is 0 Å². The van der Waals surface area contributed by atoms with Crippen molar-refractivity contribution in [2.45, 2.75) is 33.4 Å². The Morgan fingerprint density at radius 1 is 1.15 bits per heavy atom. The number of benzene rings is 1. The van der Waals surface area contributed by atoms with Gasteiger partial charge in [-0.1, -0.05) is 17.7 Å². The molecule has 148 valence electrons. The summed E-state index contributed by atoms with van der Waals surface area (Å²) in [6.07, 6.45) is -4.21. The molecule has 0 aliphatic rings. The molecular formula is C20H25F3N2O2. The standard InChI is InChI=1S/C20H25F3N2O2/c1-14-5-7-17(8-6-14)25-15(2)11-18(16(25)3)19(27)12-24(9-4-10-26)13-20(21,22)23/h5-8,11,26H,4,9-10,12-13H2,1-3H3. The number of aliphatic hydroxyl groups is 1. The molecule has 4 nitrogen and oxygen atoms in total. The fourth-order valence-corrected chi connectivity index (χ4v) is 3.19. The topological polar surface area (TPSA) is 45.5 Å². The van der Waals surface area contributed by atoms with Crippen molar-refractivity contribution in [3.05, 3.63) is 52.8 Å². The lowest BCUT2D eigenvalue weighted by Gasteiger charge is -2.22. The lowest BCUT2D eigenvalue weighted by molar-refractivity contribution is -0.145. The van der Waals surface area contributed by atoms with Crippen LogP contribution in [0.5, 0.6) is 0 Å². The van der Waals surface area contributed by atoms with E-state index in [1.807, 2.05) is 42.7 Å².